The zero-order chi connectivity index (χ0) is 9.84. The Morgan fingerprint density at radius 1 is 1.46 bits per heavy atom. The van der Waals surface area contributed by atoms with E-state index >= 15 is 0 Å². The van der Waals surface area contributed by atoms with Crippen LogP contribution in [0.25, 0.3) is 0 Å². The smallest absolute Gasteiger partial charge is 0.148 e. The summed E-state index contributed by atoms with van der Waals surface area (Å²) >= 11 is 0. The second kappa shape index (κ2) is 4.18. The maximum Gasteiger partial charge on any atom is 0.148 e. The zero-order valence-corrected chi connectivity index (χ0v) is 7.67. The minimum absolute atomic E-state index is 0.0884. The van der Waals surface area contributed by atoms with E-state index in [9.17, 15) is 4.39 Å². The molecule has 0 saturated carbocycles. The Morgan fingerprint density at radius 3 is 2.77 bits per heavy atom. The van der Waals surface area contributed by atoms with Crippen LogP contribution in [0.1, 0.15) is 11.4 Å². The number of aliphatic hydroxyl groups is 1. The van der Waals surface area contributed by atoms with E-state index in [-0.39, 0.29) is 13.2 Å². The van der Waals surface area contributed by atoms with Gasteiger partial charge in [-0.15, -0.1) is 0 Å². The first-order valence-electron chi connectivity index (χ1n) is 4.02. The second-order valence-corrected chi connectivity index (χ2v) is 2.71. The molecule has 0 aliphatic rings. The second-order valence-electron chi connectivity index (χ2n) is 2.71. The Kier molecular flexibility index (Phi) is 3.19. The van der Waals surface area contributed by atoms with E-state index in [1.807, 2.05) is 0 Å². The minimum Gasteiger partial charge on any atom is -0.489 e. The molecule has 0 aliphatic heterocycles. The van der Waals surface area contributed by atoms with E-state index in [0.717, 1.165) is 0 Å². The van der Waals surface area contributed by atoms with Crippen molar-refractivity contribution in [2.75, 3.05) is 13.2 Å². The lowest BCUT2D eigenvalue weighted by molar-refractivity contribution is 0.199. The van der Waals surface area contributed by atoms with Gasteiger partial charge in [-0.05, 0) is 13.8 Å². The molecular formula is C9H12FNO2. The predicted molar refractivity (Wildman–Crippen MR) is 46.2 cm³/mol. The molecule has 0 unspecified atom stereocenters. The summed E-state index contributed by atoms with van der Waals surface area (Å²) in [6.07, 6.45) is 0. The van der Waals surface area contributed by atoms with E-state index in [0.29, 0.717) is 17.1 Å². The summed E-state index contributed by atoms with van der Waals surface area (Å²) in [6.45, 7) is 3.40. The third kappa shape index (κ3) is 2.39. The van der Waals surface area contributed by atoms with Crippen LogP contribution >= 0.6 is 0 Å². The van der Waals surface area contributed by atoms with Crippen LogP contribution in [0.2, 0.25) is 0 Å². The van der Waals surface area contributed by atoms with Gasteiger partial charge in [0.1, 0.15) is 18.2 Å². The molecule has 72 valence electrons. The third-order valence-electron chi connectivity index (χ3n) is 1.64. The molecule has 0 spiro atoms. The number of nitrogens with zero attached hydrogens (tertiary/aromatic N) is 1. The van der Waals surface area contributed by atoms with Gasteiger partial charge in [-0.25, -0.2) is 4.39 Å². The molecule has 0 amide bonds. The van der Waals surface area contributed by atoms with Crippen molar-refractivity contribution in [2.24, 2.45) is 0 Å². The van der Waals surface area contributed by atoms with Gasteiger partial charge in [0.05, 0.1) is 18.0 Å². The molecule has 1 aromatic rings. The Balaban J connectivity index is 2.88. The first-order valence-corrected chi connectivity index (χ1v) is 4.02. The summed E-state index contributed by atoms with van der Waals surface area (Å²) in [5.74, 6) is -0.00399. The largest absolute Gasteiger partial charge is 0.489 e. The highest BCUT2D eigenvalue weighted by Gasteiger charge is 2.05. The molecule has 0 aliphatic carbocycles. The van der Waals surface area contributed by atoms with E-state index in [4.69, 9.17) is 9.84 Å². The predicted octanol–water partition coefficient (Wildman–Crippen LogP) is 1.21. The van der Waals surface area contributed by atoms with Gasteiger partial charge >= 0.3 is 0 Å². The molecule has 13 heavy (non-hydrogen) atoms. The summed E-state index contributed by atoms with van der Waals surface area (Å²) in [4.78, 5) is 3.94. The van der Waals surface area contributed by atoms with Crippen molar-refractivity contribution in [3.05, 3.63) is 23.3 Å². The Bertz CT molecular complexity index is 302. The van der Waals surface area contributed by atoms with Crippen LogP contribution in [-0.4, -0.2) is 23.3 Å². The first-order chi connectivity index (χ1) is 6.15. The van der Waals surface area contributed by atoms with Crippen molar-refractivity contribution in [3.63, 3.8) is 0 Å². The Hall–Kier alpha value is -1.16. The van der Waals surface area contributed by atoms with Crippen molar-refractivity contribution >= 4 is 0 Å². The highest BCUT2D eigenvalue weighted by atomic mass is 19.1. The molecule has 0 fully saturated rings. The quantitative estimate of drug-likeness (QED) is 0.769. The summed E-state index contributed by atoms with van der Waals surface area (Å²) in [7, 11) is 0. The van der Waals surface area contributed by atoms with Crippen LogP contribution in [0.5, 0.6) is 5.75 Å². The van der Waals surface area contributed by atoms with Gasteiger partial charge < -0.3 is 9.84 Å². The maximum atomic E-state index is 13.0. The van der Waals surface area contributed by atoms with Crippen molar-refractivity contribution < 1.29 is 14.2 Å². The fourth-order valence-corrected chi connectivity index (χ4v) is 0.986. The number of aryl methyl sites for hydroxylation is 2. The van der Waals surface area contributed by atoms with Crippen LogP contribution < -0.4 is 4.74 Å². The fourth-order valence-electron chi connectivity index (χ4n) is 0.986. The van der Waals surface area contributed by atoms with Gasteiger partial charge in [-0.3, -0.25) is 4.98 Å². The van der Waals surface area contributed by atoms with Gasteiger partial charge in [0.25, 0.3) is 0 Å². The molecule has 1 N–H and O–H groups in total. The lowest BCUT2D eigenvalue weighted by atomic mass is 10.3. The zero-order valence-electron chi connectivity index (χ0n) is 7.67. The molecular weight excluding hydrogens is 173 g/mol. The molecule has 4 heteroatoms. The molecule has 0 saturated heterocycles. The SMILES string of the molecule is Cc1nc(C)c(OCCO)cc1F. The van der Waals surface area contributed by atoms with Crippen LogP contribution in [0.4, 0.5) is 4.39 Å². The maximum absolute atomic E-state index is 13.0. The number of halogens is 1. The molecule has 3 nitrogen and oxygen atoms in total. The van der Waals surface area contributed by atoms with Crippen molar-refractivity contribution in [3.8, 4) is 5.75 Å². The van der Waals surface area contributed by atoms with E-state index < -0.39 is 5.82 Å². The Morgan fingerprint density at radius 2 is 2.15 bits per heavy atom. The van der Waals surface area contributed by atoms with Crippen LogP contribution in [0.15, 0.2) is 6.07 Å². The van der Waals surface area contributed by atoms with Crippen LogP contribution in [0, 0.1) is 19.7 Å². The molecule has 1 aromatic heterocycles. The van der Waals surface area contributed by atoms with Crippen molar-refractivity contribution in [1.82, 2.24) is 4.98 Å². The van der Waals surface area contributed by atoms with Gasteiger partial charge in [-0.1, -0.05) is 0 Å². The van der Waals surface area contributed by atoms with Gasteiger partial charge in [-0.2, -0.15) is 0 Å². The van der Waals surface area contributed by atoms with Crippen LogP contribution in [0.3, 0.4) is 0 Å². The normalized spacial score (nSPS) is 10.2. The van der Waals surface area contributed by atoms with Gasteiger partial charge in [0.2, 0.25) is 0 Å². The van der Waals surface area contributed by atoms with Crippen LogP contribution in [-0.2, 0) is 0 Å². The fraction of sp³-hybridized carbons (Fsp3) is 0.444. The molecule has 1 rings (SSSR count). The number of aromatic nitrogens is 1. The Labute approximate surface area is 76.2 Å². The summed E-state index contributed by atoms with van der Waals surface area (Å²) in [5.41, 5.74) is 0.987. The average molecular weight is 185 g/mol. The third-order valence-corrected chi connectivity index (χ3v) is 1.64. The number of hydrogen-bond donors (Lipinski definition) is 1. The number of hydrogen-bond acceptors (Lipinski definition) is 3. The van der Waals surface area contributed by atoms with Gasteiger partial charge in [0.15, 0.2) is 0 Å². The van der Waals surface area contributed by atoms with Crippen molar-refractivity contribution in [1.29, 1.82) is 0 Å². The molecule has 0 radical (unpaired) electrons. The summed E-state index contributed by atoms with van der Waals surface area (Å²) in [5, 5.41) is 8.50. The lowest BCUT2D eigenvalue weighted by Gasteiger charge is -2.07. The summed E-state index contributed by atoms with van der Waals surface area (Å²) < 4.78 is 18.1. The molecule has 0 aromatic carbocycles. The van der Waals surface area contributed by atoms with E-state index in [1.165, 1.54) is 6.07 Å². The standard InChI is InChI=1S/C9H12FNO2/c1-6-8(10)5-9(7(2)11-6)13-4-3-12/h5,12H,3-4H2,1-2H3. The lowest BCUT2D eigenvalue weighted by Crippen LogP contribution is -2.05. The minimum atomic E-state index is -0.390. The van der Waals surface area contributed by atoms with Gasteiger partial charge in [0, 0.05) is 6.07 Å². The summed E-state index contributed by atoms with van der Waals surface area (Å²) in [6, 6.07) is 1.29. The highest BCUT2D eigenvalue weighted by molar-refractivity contribution is 5.29. The van der Waals surface area contributed by atoms with Crippen molar-refractivity contribution in [2.45, 2.75) is 13.8 Å². The monoisotopic (exact) mass is 185 g/mol. The van der Waals surface area contributed by atoms with E-state index in [1.54, 1.807) is 13.8 Å². The number of pyridine rings is 1. The number of rotatable bonds is 3. The first kappa shape index (κ1) is 9.92. The molecule has 0 atom stereocenters. The molecule has 1 heterocycles. The highest BCUT2D eigenvalue weighted by Crippen LogP contribution is 2.18. The average Bonchev–Trinajstić information content (AvgIpc) is 2.09. The number of ether oxygens (including phenoxy) is 1. The van der Waals surface area contributed by atoms with E-state index in [2.05, 4.69) is 4.98 Å². The molecule has 0 bridgehead atoms. The number of aliphatic hydroxyl groups excluding tert-OH is 1. The topological polar surface area (TPSA) is 42.4 Å².